The van der Waals surface area contributed by atoms with Gasteiger partial charge in [-0.05, 0) is 56.2 Å². The number of ketones is 1. The summed E-state index contributed by atoms with van der Waals surface area (Å²) in [6, 6.07) is 3.82. The number of fused-ring (bicyclic) bond motifs is 3. The third kappa shape index (κ3) is 8.58. The van der Waals surface area contributed by atoms with Gasteiger partial charge in [0.15, 0.2) is 0 Å². The fourth-order valence-electron chi connectivity index (χ4n) is 5.91. The average Bonchev–Trinajstić information content (AvgIpc) is 2.86. The van der Waals surface area contributed by atoms with Crippen molar-refractivity contribution in [2.45, 2.75) is 123 Å². The lowest BCUT2D eigenvalue weighted by Gasteiger charge is -2.47. The highest BCUT2D eigenvalue weighted by Crippen LogP contribution is 2.55. The summed E-state index contributed by atoms with van der Waals surface area (Å²) in [6.07, 6.45) is 3.33. The summed E-state index contributed by atoms with van der Waals surface area (Å²) in [5, 5.41) is 9.55. The number of benzene rings is 1. The molecule has 11 nitrogen and oxygen atoms in total. The highest BCUT2D eigenvalue weighted by atomic mass is 16.9. The Hall–Kier alpha value is -3.37. The minimum Gasteiger partial charge on any atom is -0.487 e. The third-order valence-electron chi connectivity index (χ3n) is 8.29. The molecular weight excluding hydrogens is 546 g/mol. The van der Waals surface area contributed by atoms with Crippen molar-refractivity contribution in [1.29, 1.82) is 0 Å². The van der Waals surface area contributed by atoms with Gasteiger partial charge in [-0.15, -0.1) is 10.1 Å². The largest absolute Gasteiger partial charge is 0.516 e. The number of hydrogen-bond acceptors (Lipinski definition) is 10. The number of hydrogen-bond donors (Lipinski definition) is 0. The number of carbonyl (C=O) groups is 3. The molecule has 1 saturated carbocycles. The molecule has 42 heavy (non-hydrogen) atoms. The lowest BCUT2D eigenvalue weighted by atomic mass is 9.66. The zero-order valence-corrected chi connectivity index (χ0v) is 25.9. The number of ether oxygens (including phenoxy) is 4. The Balaban J connectivity index is 1.86. The molecule has 1 aliphatic carbocycles. The van der Waals surface area contributed by atoms with E-state index in [2.05, 4.69) is 18.7 Å². The predicted octanol–water partition coefficient (Wildman–Crippen LogP) is 6.81. The zero-order chi connectivity index (χ0) is 31.2. The van der Waals surface area contributed by atoms with Gasteiger partial charge in [0.25, 0.3) is 5.09 Å². The van der Waals surface area contributed by atoms with Gasteiger partial charge in [0.05, 0.1) is 12.5 Å². The van der Waals surface area contributed by atoms with Crippen LogP contribution in [0.5, 0.6) is 11.5 Å². The van der Waals surface area contributed by atoms with Crippen molar-refractivity contribution in [1.82, 2.24) is 0 Å². The first-order valence-corrected chi connectivity index (χ1v) is 14.9. The monoisotopic (exact) mass is 591 g/mol. The van der Waals surface area contributed by atoms with Crippen LogP contribution in [0.2, 0.25) is 0 Å². The van der Waals surface area contributed by atoms with Gasteiger partial charge in [-0.1, -0.05) is 47.0 Å². The molecule has 0 aromatic heterocycles. The van der Waals surface area contributed by atoms with E-state index in [-0.39, 0.29) is 41.3 Å². The first-order valence-electron chi connectivity index (χ1n) is 14.9. The molecule has 11 heteroatoms. The molecule has 0 amide bonds. The number of carbonyl (C=O) groups excluding carboxylic acids is 3. The van der Waals surface area contributed by atoms with Crippen LogP contribution in [0.25, 0.3) is 0 Å². The van der Waals surface area contributed by atoms with Gasteiger partial charge in [-0.25, -0.2) is 4.79 Å². The van der Waals surface area contributed by atoms with Gasteiger partial charge in [0.1, 0.15) is 22.9 Å². The highest BCUT2D eigenvalue weighted by molar-refractivity contribution is 5.81. The maximum absolute atomic E-state index is 12.9. The number of nitrogens with zero attached hydrogens (tertiary/aromatic N) is 1. The van der Waals surface area contributed by atoms with Crippen molar-refractivity contribution in [3.05, 3.63) is 33.4 Å². The fourth-order valence-corrected chi connectivity index (χ4v) is 5.91. The summed E-state index contributed by atoms with van der Waals surface area (Å²) in [5.74, 6) is 0.0264. The molecule has 1 aliphatic heterocycles. The van der Waals surface area contributed by atoms with Crippen molar-refractivity contribution in [3.8, 4) is 11.5 Å². The Bertz CT molecular complexity index is 1160. The second-order valence-electron chi connectivity index (χ2n) is 12.8. The minimum absolute atomic E-state index is 0.0603. The Morgan fingerprint density at radius 2 is 1.81 bits per heavy atom. The van der Waals surface area contributed by atoms with Crippen LogP contribution in [0, 0.1) is 22.0 Å². The van der Waals surface area contributed by atoms with Crippen LogP contribution in [0.1, 0.15) is 117 Å². The lowest BCUT2D eigenvalue weighted by molar-refractivity contribution is -0.757. The van der Waals surface area contributed by atoms with Crippen LogP contribution in [0.15, 0.2) is 12.1 Å². The second-order valence-corrected chi connectivity index (χ2v) is 12.8. The predicted molar refractivity (Wildman–Crippen MR) is 153 cm³/mol. The molecule has 1 aromatic carbocycles. The fraction of sp³-hybridized carbons (Fsp3) is 0.710. The van der Waals surface area contributed by atoms with Crippen molar-refractivity contribution in [3.63, 3.8) is 0 Å². The summed E-state index contributed by atoms with van der Waals surface area (Å²) in [4.78, 5) is 52.1. The molecule has 2 aliphatic rings. The Morgan fingerprint density at radius 1 is 1.12 bits per heavy atom. The van der Waals surface area contributed by atoms with Crippen LogP contribution in [-0.4, -0.2) is 41.5 Å². The molecule has 1 aromatic rings. The Labute approximate surface area is 247 Å². The van der Waals surface area contributed by atoms with E-state index in [1.807, 2.05) is 26.0 Å². The van der Waals surface area contributed by atoms with Crippen molar-refractivity contribution in [2.24, 2.45) is 11.8 Å². The van der Waals surface area contributed by atoms with Crippen molar-refractivity contribution < 1.29 is 43.3 Å². The van der Waals surface area contributed by atoms with Gasteiger partial charge < -0.3 is 23.8 Å². The maximum atomic E-state index is 12.9. The average molecular weight is 592 g/mol. The topological polar surface area (TPSA) is 140 Å². The Morgan fingerprint density at radius 3 is 2.48 bits per heavy atom. The van der Waals surface area contributed by atoms with E-state index < -0.39 is 29.1 Å². The zero-order valence-electron chi connectivity index (χ0n) is 25.9. The van der Waals surface area contributed by atoms with E-state index in [1.165, 1.54) is 6.92 Å². The summed E-state index contributed by atoms with van der Waals surface area (Å²) >= 11 is 0. The van der Waals surface area contributed by atoms with Crippen LogP contribution >= 0.6 is 0 Å². The summed E-state index contributed by atoms with van der Waals surface area (Å²) < 4.78 is 22.7. The summed E-state index contributed by atoms with van der Waals surface area (Å²) in [5.41, 5.74) is 0.726. The third-order valence-corrected chi connectivity index (χ3v) is 8.29. The molecule has 3 atom stereocenters. The number of Topliss-reactive ketones (excluding diaryl/α,β-unsaturated/α-hetero) is 1. The maximum Gasteiger partial charge on any atom is 0.516 e. The number of rotatable bonds is 13. The quantitative estimate of drug-likeness (QED) is 0.0600. The van der Waals surface area contributed by atoms with Crippen molar-refractivity contribution in [2.75, 3.05) is 6.61 Å². The summed E-state index contributed by atoms with van der Waals surface area (Å²) in [6.45, 7) is 13.2. The van der Waals surface area contributed by atoms with Crippen LogP contribution in [0.4, 0.5) is 4.79 Å². The Kier molecular flexibility index (Phi) is 10.8. The second kappa shape index (κ2) is 13.7. The molecule has 1 heterocycles. The summed E-state index contributed by atoms with van der Waals surface area (Å²) in [7, 11) is 0. The van der Waals surface area contributed by atoms with Gasteiger partial charge in [-0.2, -0.15) is 0 Å². The van der Waals surface area contributed by atoms with Crippen LogP contribution in [0.3, 0.4) is 0 Å². The highest BCUT2D eigenvalue weighted by Gasteiger charge is 2.48. The SMILES string of the molecule is CC(OC(=O)Oc1cc(C(C)(C)CCCCCCO[N+](=O)[O-])cc2c1[C@@H]1CC(=O)CC[C@H]1C(C)(C)O2)OC(=O)C(C)C. The standard InChI is InChI=1S/C31H45NO10/c1-19(2)28(34)39-20(3)40-29(35)41-25-16-21(30(4,5)14-10-8-9-11-15-38-32(36)37)17-26-27(25)23-18-22(33)12-13-24(23)31(6,7)42-26/h16-17,19-20,23-24H,8-15,18H2,1-7H3/t20?,23-,24-/m1/s1. The number of esters is 1. The first kappa shape index (κ1) is 33.1. The minimum atomic E-state index is -1.14. The molecule has 0 spiro atoms. The van der Waals surface area contributed by atoms with E-state index in [9.17, 15) is 24.5 Å². The normalized spacial score (nSPS) is 20.0. The van der Waals surface area contributed by atoms with E-state index in [0.29, 0.717) is 37.0 Å². The van der Waals surface area contributed by atoms with Crippen LogP contribution < -0.4 is 9.47 Å². The van der Waals surface area contributed by atoms with Crippen molar-refractivity contribution >= 4 is 17.9 Å². The molecule has 1 fully saturated rings. The molecule has 0 bridgehead atoms. The molecule has 234 valence electrons. The van der Waals surface area contributed by atoms with E-state index in [4.69, 9.17) is 18.9 Å². The number of unbranched alkanes of at least 4 members (excludes halogenated alkanes) is 3. The molecule has 0 saturated heterocycles. The molecular formula is C31H45NO10. The molecule has 0 radical (unpaired) electrons. The first-order chi connectivity index (χ1) is 19.6. The van der Waals surface area contributed by atoms with Gasteiger partial charge in [-0.3, -0.25) is 9.59 Å². The van der Waals surface area contributed by atoms with Gasteiger partial charge in [0.2, 0.25) is 6.29 Å². The van der Waals surface area contributed by atoms with Crippen LogP contribution in [-0.2, 0) is 29.3 Å². The smallest absolute Gasteiger partial charge is 0.487 e. The van der Waals surface area contributed by atoms with Gasteiger partial charge >= 0.3 is 12.1 Å². The lowest BCUT2D eigenvalue weighted by Crippen LogP contribution is -2.47. The van der Waals surface area contributed by atoms with Gasteiger partial charge in [0, 0.05) is 37.2 Å². The van der Waals surface area contributed by atoms with E-state index >= 15 is 0 Å². The van der Waals surface area contributed by atoms with E-state index in [1.54, 1.807) is 13.8 Å². The molecule has 3 rings (SSSR count). The van der Waals surface area contributed by atoms with E-state index in [0.717, 1.165) is 31.2 Å². The molecule has 0 N–H and O–H groups in total. The molecule has 1 unspecified atom stereocenters.